The van der Waals surface area contributed by atoms with Crippen molar-refractivity contribution in [2.24, 2.45) is 0 Å². The second-order valence-corrected chi connectivity index (χ2v) is 7.47. The van der Waals surface area contributed by atoms with Crippen LogP contribution in [0, 0.1) is 6.92 Å². The van der Waals surface area contributed by atoms with Gasteiger partial charge in [0.1, 0.15) is 12.4 Å². The smallest absolute Gasteiger partial charge is 0.251 e. The van der Waals surface area contributed by atoms with Gasteiger partial charge < -0.3 is 15.0 Å². The van der Waals surface area contributed by atoms with Crippen LogP contribution in [0.4, 0.5) is 0 Å². The van der Waals surface area contributed by atoms with Crippen molar-refractivity contribution in [3.05, 3.63) is 46.0 Å². The number of nitrogens with one attached hydrogen (secondary N) is 1. The Kier molecular flexibility index (Phi) is 4.25. The SMILES string of the molecule is Cc1ccc(Cl)cc1C(=O)NC1CC(c2nnc(CO)n2C2CC2)C1. The summed E-state index contributed by atoms with van der Waals surface area (Å²) in [6.07, 6.45) is 3.95. The summed E-state index contributed by atoms with van der Waals surface area (Å²) in [6.45, 7) is 1.83. The van der Waals surface area contributed by atoms with Crippen molar-refractivity contribution in [1.29, 1.82) is 0 Å². The quantitative estimate of drug-likeness (QED) is 0.859. The maximum Gasteiger partial charge on any atom is 0.251 e. The number of hydrogen-bond donors (Lipinski definition) is 2. The summed E-state index contributed by atoms with van der Waals surface area (Å²) >= 11 is 6.00. The maximum absolute atomic E-state index is 12.5. The van der Waals surface area contributed by atoms with E-state index in [0.29, 0.717) is 28.4 Å². The van der Waals surface area contributed by atoms with Gasteiger partial charge in [-0.15, -0.1) is 10.2 Å². The van der Waals surface area contributed by atoms with Gasteiger partial charge in [-0.2, -0.15) is 0 Å². The Morgan fingerprint density at radius 2 is 2.12 bits per heavy atom. The molecular formula is C18H21ClN4O2. The summed E-state index contributed by atoms with van der Waals surface area (Å²) in [7, 11) is 0. The average Bonchev–Trinajstić information content (AvgIpc) is 3.32. The lowest BCUT2D eigenvalue weighted by Crippen LogP contribution is -2.44. The molecule has 1 aromatic carbocycles. The van der Waals surface area contributed by atoms with Crippen molar-refractivity contribution in [2.75, 3.05) is 0 Å². The Bertz CT molecular complexity index is 809. The molecule has 0 spiro atoms. The lowest BCUT2D eigenvalue weighted by molar-refractivity contribution is 0.0906. The van der Waals surface area contributed by atoms with Crippen molar-refractivity contribution in [3.8, 4) is 0 Å². The van der Waals surface area contributed by atoms with Gasteiger partial charge in [-0.3, -0.25) is 4.79 Å². The molecule has 0 saturated heterocycles. The summed E-state index contributed by atoms with van der Waals surface area (Å²) < 4.78 is 2.10. The van der Waals surface area contributed by atoms with E-state index in [1.165, 1.54) is 0 Å². The van der Waals surface area contributed by atoms with Crippen molar-refractivity contribution in [2.45, 2.75) is 57.2 Å². The van der Waals surface area contributed by atoms with Crippen molar-refractivity contribution >= 4 is 17.5 Å². The predicted molar refractivity (Wildman–Crippen MR) is 93.6 cm³/mol. The van der Waals surface area contributed by atoms with Gasteiger partial charge in [-0.25, -0.2) is 0 Å². The Morgan fingerprint density at radius 1 is 1.36 bits per heavy atom. The van der Waals surface area contributed by atoms with E-state index >= 15 is 0 Å². The first-order valence-corrected chi connectivity index (χ1v) is 9.06. The molecule has 2 fully saturated rings. The maximum atomic E-state index is 12.5. The molecule has 6 nitrogen and oxygen atoms in total. The number of aliphatic hydroxyl groups excluding tert-OH is 1. The third kappa shape index (κ3) is 3.16. The molecule has 0 atom stereocenters. The fourth-order valence-corrected chi connectivity index (χ4v) is 3.67. The van der Waals surface area contributed by atoms with Gasteiger partial charge in [-0.05, 0) is 50.3 Å². The lowest BCUT2D eigenvalue weighted by Gasteiger charge is -2.35. The standard InChI is InChI=1S/C18H21ClN4O2/c1-10-2-3-12(19)8-15(10)18(25)20-13-6-11(7-13)17-22-21-16(9-24)23(17)14-4-5-14/h2-3,8,11,13-14,24H,4-7,9H2,1H3,(H,20,25). The summed E-state index contributed by atoms with van der Waals surface area (Å²) in [5, 5.41) is 21.5. The van der Waals surface area contributed by atoms with Crippen LogP contribution < -0.4 is 5.32 Å². The number of carbonyl (C=O) groups is 1. The molecule has 2 N–H and O–H groups in total. The van der Waals surface area contributed by atoms with E-state index in [1.54, 1.807) is 12.1 Å². The molecule has 25 heavy (non-hydrogen) atoms. The number of benzene rings is 1. The van der Waals surface area contributed by atoms with Gasteiger partial charge in [0.25, 0.3) is 5.91 Å². The molecule has 1 heterocycles. The van der Waals surface area contributed by atoms with Crippen LogP contribution in [0.3, 0.4) is 0 Å². The first-order chi connectivity index (χ1) is 12.1. The lowest BCUT2D eigenvalue weighted by atomic mass is 9.79. The molecule has 0 radical (unpaired) electrons. The Labute approximate surface area is 151 Å². The zero-order chi connectivity index (χ0) is 17.6. The molecule has 0 unspecified atom stereocenters. The third-order valence-corrected chi connectivity index (χ3v) is 5.36. The van der Waals surface area contributed by atoms with E-state index in [-0.39, 0.29) is 18.6 Å². The highest BCUT2D eigenvalue weighted by atomic mass is 35.5. The van der Waals surface area contributed by atoms with E-state index in [1.807, 2.05) is 13.0 Å². The van der Waals surface area contributed by atoms with Gasteiger partial charge in [0.05, 0.1) is 0 Å². The molecule has 1 aromatic heterocycles. The minimum atomic E-state index is -0.0804. The number of nitrogens with zero attached hydrogens (tertiary/aromatic N) is 3. The number of halogens is 1. The summed E-state index contributed by atoms with van der Waals surface area (Å²) in [4.78, 5) is 12.5. The molecular weight excluding hydrogens is 340 g/mol. The number of amides is 1. The highest BCUT2D eigenvalue weighted by molar-refractivity contribution is 6.31. The molecule has 1 amide bonds. The Morgan fingerprint density at radius 3 is 2.80 bits per heavy atom. The van der Waals surface area contributed by atoms with Gasteiger partial charge >= 0.3 is 0 Å². The highest BCUT2D eigenvalue weighted by Gasteiger charge is 2.38. The van der Waals surface area contributed by atoms with Crippen LogP contribution in [0.25, 0.3) is 0 Å². The fraction of sp³-hybridized carbons (Fsp3) is 0.500. The van der Waals surface area contributed by atoms with Crippen LogP contribution in [0.15, 0.2) is 18.2 Å². The largest absolute Gasteiger partial charge is 0.388 e. The van der Waals surface area contributed by atoms with E-state index in [9.17, 15) is 9.90 Å². The molecule has 4 rings (SSSR count). The monoisotopic (exact) mass is 360 g/mol. The number of rotatable bonds is 5. The molecule has 132 valence electrons. The number of hydrogen-bond acceptors (Lipinski definition) is 4. The van der Waals surface area contributed by atoms with Gasteiger partial charge in [0, 0.05) is 28.6 Å². The average molecular weight is 361 g/mol. The molecule has 2 aromatic rings. The zero-order valence-corrected chi connectivity index (χ0v) is 14.8. The van der Waals surface area contributed by atoms with Crippen molar-refractivity contribution in [3.63, 3.8) is 0 Å². The van der Waals surface area contributed by atoms with Crippen LogP contribution in [-0.4, -0.2) is 31.8 Å². The van der Waals surface area contributed by atoms with E-state index in [4.69, 9.17) is 11.6 Å². The molecule has 0 aliphatic heterocycles. The molecule has 2 aliphatic carbocycles. The van der Waals surface area contributed by atoms with E-state index < -0.39 is 0 Å². The number of aromatic nitrogens is 3. The van der Waals surface area contributed by atoms with Crippen molar-refractivity contribution in [1.82, 2.24) is 20.1 Å². The Hall–Kier alpha value is -1.92. The van der Waals surface area contributed by atoms with Crippen LogP contribution in [0.2, 0.25) is 5.02 Å². The van der Waals surface area contributed by atoms with Crippen LogP contribution >= 0.6 is 11.6 Å². The van der Waals surface area contributed by atoms with Gasteiger partial charge in [0.15, 0.2) is 5.82 Å². The molecule has 2 aliphatic rings. The second kappa shape index (κ2) is 6.42. The Balaban J connectivity index is 1.40. The van der Waals surface area contributed by atoms with Crippen LogP contribution in [0.1, 0.15) is 65.2 Å². The minimum absolute atomic E-state index is 0.0789. The number of aliphatic hydroxyl groups is 1. The number of aryl methyl sites for hydroxylation is 1. The van der Waals surface area contributed by atoms with E-state index in [2.05, 4.69) is 20.1 Å². The van der Waals surface area contributed by atoms with Crippen molar-refractivity contribution < 1.29 is 9.90 Å². The summed E-state index contributed by atoms with van der Waals surface area (Å²) in [5.41, 5.74) is 1.54. The minimum Gasteiger partial charge on any atom is -0.388 e. The van der Waals surface area contributed by atoms with Crippen LogP contribution in [-0.2, 0) is 6.61 Å². The zero-order valence-electron chi connectivity index (χ0n) is 14.1. The topological polar surface area (TPSA) is 80.0 Å². The fourth-order valence-electron chi connectivity index (χ4n) is 3.50. The molecule has 0 bridgehead atoms. The highest BCUT2D eigenvalue weighted by Crippen LogP contribution is 2.42. The second-order valence-electron chi connectivity index (χ2n) is 7.03. The molecule has 2 saturated carbocycles. The predicted octanol–water partition coefficient (Wildman–Crippen LogP) is 2.74. The molecule has 7 heteroatoms. The summed E-state index contributed by atoms with van der Waals surface area (Å²) in [5.74, 6) is 1.82. The van der Waals surface area contributed by atoms with Crippen LogP contribution in [0.5, 0.6) is 0 Å². The number of carbonyl (C=O) groups excluding carboxylic acids is 1. The van der Waals surface area contributed by atoms with Gasteiger partial charge in [-0.1, -0.05) is 17.7 Å². The first kappa shape index (κ1) is 16.5. The summed E-state index contributed by atoms with van der Waals surface area (Å²) in [6, 6.07) is 5.93. The first-order valence-electron chi connectivity index (χ1n) is 8.68. The third-order valence-electron chi connectivity index (χ3n) is 5.13. The van der Waals surface area contributed by atoms with E-state index in [0.717, 1.165) is 37.1 Å². The normalized spacial score (nSPS) is 22.5. The van der Waals surface area contributed by atoms with Gasteiger partial charge in [0.2, 0.25) is 0 Å².